The van der Waals surface area contributed by atoms with Gasteiger partial charge in [-0.05, 0) is 24.1 Å². The van der Waals surface area contributed by atoms with Crippen LogP contribution in [0.15, 0.2) is 36.9 Å². The van der Waals surface area contributed by atoms with Gasteiger partial charge in [0.1, 0.15) is 19.0 Å². The lowest BCUT2D eigenvalue weighted by Crippen LogP contribution is -2.28. The number of nitrogens with one attached hydrogen (secondary N) is 1. The normalized spacial score (nSPS) is 9.61. The molecule has 0 saturated heterocycles. The Morgan fingerprint density at radius 1 is 1.50 bits per heavy atom. The highest BCUT2D eigenvalue weighted by molar-refractivity contribution is 5.67. The summed E-state index contributed by atoms with van der Waals surface area (Å²) in [5.74, 6) is 0.815. The number of ether oxygens (including phenoxy) is 2. The van der Waals surface area contributed by atoms with E-state index in [1.54, 1.807) is 0 Å². The zero-order chi connectivity index (χ0) is 13.2. The molecule has 4 nitrogen and oxygen atoms in total. The van der Waals surface area contributed by atoms with Crippen molar-refractivity contribution in [2.75, 3.05) is 19.8 Å². The Balaban J connectivity index is 2.20. The lowest BCUT2D eigenvalue weighted by molar-refractivity contribution is 0.156. The molecule has 0 saturated carbocycles. The maximum Gasteiger partial charge on any atom is 0.407 e. The topological polar surface area (TPSA) is 47.6 Å². The summed E-state index contributed by atoms with van der Waals surface area (Å²) >= 11 is 0. The van der Waals surface area contributed by atoms with Crippen molar-refractivity contribution < 1.29 is 14.3 Å². The van der Waals surface area contributed by atoms with Gasteiger partial charge in [0, 0.05) is 0 Å². The van der Waals surface area contributed by atoms with Crippen LogP contribution in [0, 0.1) is 0 Å². The Bertz CT molecular complexity index is 390. The van der Waals surface area contributed by atoms with Crippen molar-refractivity contribution in [1.82, 2.24) is 5.32 Å². The van der Waals surface area contributed by atoms with E-state index in [0.29, 0.717) is 13.2 Å². The fraction of sp³-hybridized carbons (Fsp3) is 0.357. The summed E-state index contributed by atoms with van der Waals surface area (Å²) in [6, 6.07) is 7.91. The van der Waals surface area contributed by atoms with Crippen molar-refractivity contribution >= 4 is 6.09 Å². The summed E-state index contributed by atoms with van der Waals surface area (Å²) in [6.07, 6.45) is 2.04. The van der Waals surface area contributed by atoms with E-state index in [0.717, 1.165) is 12.2 Å². The molecule has 0 bridgehead atoms. The highest BCUT2D eigenvalue weighted by Crippen LogP contribution is 2.13. The molecule has 1 amide bonds. The molecule has 0 aliphatic rings. The molecule has 0 heterocycles. The molecule has 18 heavy (non-hydrogen) atoms. The van der Waals surface area contributed by atoms with Crippen molar-refractivity contribution in [2.45, 2.75) is 13.3 Å². The van der Waals surface area contributed by atoms with Gasteiger partial charge in [-0.1, -0.05) is 31.7 Å². The van der Waals surface area contributed by atoms with E-state index in [1.165, 1.54) is 11.6 Å². The first kappa shape index (κ1) is 14.1. The van der Waals surface area contributed by atoms with E-state index in [4.69, 9.17) is 9.47 Å². The molecule has 0 aromatic heterocycles. The number of alkyl carbamates (subject to hydrolysis) is 1. The first-order chi connectivity index (χ1) is 8.76. The van der Waals surface area contributed by atoms with Crippen molar-refractivity contribution in [1.29, 1.82) is 0 Å². The van der Waals surface area contributed by atoms with Crippen LogP contribution in [0.2, 0.25) is 0 Å². The number of rotatable bonds is 7. The molecule has 0 aliphatic heterocycles. The summed E-state index contributed by atoms with van der Waals surface area (Å²) in [7, 11) is 0. The van der Waals surface area contributed by atoms with Crippen LogP contribution in [0.5, 0.6) is 5.75 Å². The van der Waals surface area contributed by atoms with Gasteiger partial charge in [-0.25, -0.2) is 4.79 Å². The molecule has 0 unspecified atom stereocenters. The van der Waals surface area contributed by atoms with Crippen LogP contribution in [-0.4, -0.2) is 25.9 Å². The minimum Gasteiger partial charge on any atom is -0.492 e. The Morgan fingerprint density at radius 3 is 3.06 bits per heavy atom. The van der Waals surface area contributed by atoms with Crippen molar-refractivity contribution in [3.8, 4) is 5.75 Å². The molecule has 4 heteroatoms. The number of hydrogen-bond donors (Lipinski definition) is 1. The fourth-order valence-corrected chi connectivity index (χ4v) is 1.36. The smallest absolute Gasteiger partial charge is 0.407 e. The molecular formula is C14H19NO3. The predicted octanol–water partition coefficient (Wildman–Crippen LogP) is 2.54. The number of hydrogen-bond acceptors (Lipinski definition) is 3. The van der Waals surface area contributed by atoms with Crippen molar-refractivity contribution in [2.24, 2.45) is 0 Å². The van der Waals surface area contributed by atoms with Crippen LogP contribution in [-0.2, 0) is 11.2 Å². The zero-order valence-corrected chi connectivity index (χ0v) is 10.6. The number of aryl methyl sites for hydroxylation is 1. The second kappa shape index (κ2) is 8.17. The van der Waals surface area contributed by atoms with Gasteiger partial charge in [-0.2, -0.15) is 0 Å². The van der Waals surface area contributed by atoms with Gasteiger partial charge < -0.3 is 14.8 Å². The maximum atomic E-state index is 11.1. The van der Waals surface area contributed by atoms with Gasteiger partial charge in [0.2, 0.25) is 0 Å². The number of carbonyl (C=O) groups is 1. The van der Waals surface area contributed by atoms with E-state index in [1.807, 2.05) is 18.2 Å². The molecule has 1 aromatic rings. The van der Waals surface area contributed by atoms with Gasteiger partial charge in [0.15, 0.2) is 0 Å². The molecule has 1 rings (SSSR count). The fourth-order valence-electron chi connectivity index (χ4n) is 1.36. The lowest BCUT2D eigenvalue weighted by Gasteiger charge is -2.08. The number of amides is 1. The average Bonchev–Trinajstić information content (AvgIpc) is 2.41. The quantitative estimate of drug-likeness (QED) is 0.596. The van der Waals surface area contributed by atoms with Gasteiger partial charge in [0.05, 0.1) is 6.54 Å². The van der Waals surface area contributed by atoms with Crippen LogP contribution in [0.1, 0.15) is 12.5 Å². The Hall–Kier alpha value is -1.97. The van der Waals surface area contributed by atoms with E-state index in [9.17, 15) is 4.79 Å². The van der Waals surface area contributed by atoms with Gasteiger partial charge in [-0.3, -0.25) is 0 Å². The monoisotopic (exact) mass is 249 g/mol. The van der Waals surface area contributed by atoms with Crippen LogP contribution in [0.3, 0.4) is 0 Å². The first-order valence-corrected chi connectivity index (χ1v) is 5.99. The molecule has 0 spiro atoms. The molecule has 0 radical (unpaired) electrons. The summed E-state index contributed by atoms with van der Waals surface area (Å²) in [6.45, 7) is 6.58. The highest BCUT2D eigenvalue weighted by atomic mass is 16.5. The molecule has 1 N–H and O–H groups in total. The largest absolute Gasteiger partial charge is 0.492 e. The van der Waals surface area contributed by atoms with E-state index < -0.39 is 6.09 Å². The summed E-state index contributed by atoms with van der Waals surface area (Å²) in [4.78, 5) is 11.1. The zero-order valence-electron chi connectivity index (χ0n) is 10.6. The molecule has 98 valence electrons. The van der Waals surface area contributed by atoms with E-state index >= 15 is 0 Å². The second-order valence-corrected chi connectivity index (χ2v) is 3.66. The molecule has 1 aromatic carbocycles. The van der Waals surface area contributed by atoms with Crippen LogP contribution in [0.4, 0.5) is 4.79 Å². The molecule has 0 fully saturated rings. The third kappa shape index (κ3) is 5.39. The average molecular weight is 249 g/mol. The van der Waals surface area contributed by atoms with Gasteiger partial charge >= 0.3 is 6.09 Å². The van der Waals surface area contributed by atoms with Crippen molar-refractivity contribution in [3.05, 3.63) is 42.5 Å². The van der Waals surface area contributed by atoms with E-state index in [-0.39, 0.29) is 6.61 Å². The molecule has 0 aliphatic carbocycles. The van der Waals surface area contributed by atoms with Gasteiger partial charge in [0.25, 0.3) is 0 Å². The SMILES string of the molecule is C=CCOC(=O)NCCOc1cccc(CC)c1. The first-order valence-electron chi connectivity index (χ1n) is 5.99. The predicted molar refractivity (Wildman–Crippen MR) is 70.9 cm³/mol. The molecular weight excluding hydrogens is 230 g/mol. The standard InChI is InChI=1S/C14H19NO3/c1-3-9-18-14(16)15-8-10-17-13-7-5-6-12(4-2)11-13/h3,5-7,11H,1,4,8-10H2,2H3,(H,15,16). The molecule has 0 atom stereocenters. The highest BCUT2D eigenvalue weighted by Gasteiger charge is 2.00. The van der Waals surface area contributed by atoms with E-state index in [2.05, 4.69) is 24.9 Å². The van der Waals surface area contributed by atoms with Crippen molar-refractivity contribution in [3.63, 3.8) is 0 Å². The van der Waals surface area contributed by atoms with Crippen LogP contribution < -0.4 is 10.1 Å². The summed E-state index contributed by atoms with van der Waals surface area (Å²) < 4.78 is 10.3. The Morgan fingerprint density at radius 2 is 2.33 bits per heavy atom. The summed E-state index contributed by atoms with van der Waals surface area (Å²) in [5, 5.41) is 2.58. The lowest BCUT2D eigenvalue weighted by atomic mass is 10.2. The van der Waals surface area contributed by atoms with Crippen LogP contribution >= 0.6 is 0 Å². The van der Waals surface area contributed by atoms with Gasteiger partial charge in [-0.15, -0.1) is 0 Å². The Labute approximate surface area is 108 Å². The minimum absolute atomic E-state index is 0.214. The van der Waals surface area contributed by atoms with Crippen LogP contribution in [0.25, 0.3) is 0 Å². The number of carbonyl (C=O) groups excluding carboxylic acids is 1. The summed E-state index contributed by atoms with van der Waals surface area (Å²) in [5.41, 5.74) is 1.23. The third-order valence-electron chi connectivity index (χ3n) is 2.28. The minimum atomic E-state index is -0.458. The maximum absolute atomic E-state index is 11.1. The Kier molecular flexibility index (Phi) is 6.40. The number of benzene rings is 1. The second-order valence-electron chi connectivity index (χ2n) is 3.66. The third-order valence-corrected chi connectivity index (χ3v) is 2.28.